The Kier molecular flexibility index (Phi) is 4.18. The maximum atomic E-state index is 6.69. The Morgan fingerprint density at radius 2 is 1.86 bits per heavy atom. The Morgan fingerprint density at radius 3 is 2.64 bits per heavy atom. The Hall–Kier alpha value is -2.69. The molecule has 1 aliphatic carbocycles. The van der Waals surface area contributed by atoms with Gasteiger partial charge in [-0.1, -0.05) is 30.7 Å². The third-order valence-electron chi connectivity index (χ3n) is 6.25. The number of fused-ring (bicyclic) bond motifs is 4. The van der Waals surface area contributed by atoms with Gasteiger partial charge >= 0.3 is 0 Å². The summed E-state index contributed by atoms with van der Waals surface area (Å²) in [7, 11) is 3.41. The van der Waals surface area contributed by atoms with Crippen LogP contribution in [0.1, 0.15) is 55.7 Å². The molecule has 1 saturated carbocycles. The van der Waals surface area contributed by atoms with Crippen molar-refractivity contribution in [3.05, 3.63) is 53.6 Å². The molecule has 2 aromatic rings. The average Bonchev–Trinajstić information content (AvgIpc) is 3.21. The molecule has 1 fully saturated rings. The van der Waals surface area contributed by atoms with Crippen molar-refractivity contribution in [3.63, 3.8) is 0 Å². The highest BCUT2D eigenvalue weighted by Gasteiger charge is 2.51. The zero-order valence-electron chi connectivity index (χ0n) is 16.5. The fourth-order valence-electron chi connectivity index (χ4n) is 4.84. The molecule has 3 aliphatic rings. The van der Waals surface area contributed by atoms with Crippen molar-refractivity contribution >= 4 is 5.71 Å². The minimum Gasteiger partial charge on any atom is -0.497 e. The van der Waals surface area contributed by atoms with Gasteiger partial charge in [0.2, 0.25) is 0 Å². The van der Waals surface area contributed by atoms with E-state index in [1.54, 1.807) is 14.2 Å². The number of rotatable bonds is 3. The van der Waals surface area contributed by atoms with Crippen molar-refractivity contribution in [3.8, 4) is 17.2 Å². The maximum absolute atomic E-state index is 6.69. The smallest absolute Gasteiger partial charge is 0.198 e. The number of para-hydroxylation sites is 1. The van der Waals surface area contributed by atoms with Crippen molar-refractivity contribution in [2.75, 3.05) is 14.2 Å². The number of ether oxygens (including phenoxy) is 3. The van der Waals surface area contributed by atoms with E-state index in [-0.39, 0.29) is 11.8 Å². The molecule has 5 rings (SSSR count). The highest BCUT2D eigenvalue weighted by molar-refractivity contribution is 6.02. The molecule has 0 N–H and O–H groups in total. The van der Waals surface area contributed by atoms with Gasteiger partial charge in [-0.05, 0) is 31.0 Å². The largest absolute Gasteiger partial charge is 0.497 e. The second kappa shape index (κ2) is 6.73. The van der Waals surface area contributed by atoms with Crippen LogP contribution in [0.3, 0.4) is 0 Å². The van der Waals surface area contributed by atoms with E-state index in [0.29, 0.717) is 0 Å². The number of methoxy groups -OCH3 is 2. The van der Waals surface area contributed by atoms with Gasteiger partial charge in [-0.3, -0.25) is 0 Å². The van der Waals surface area contributed by atoms with E-state index in [1.165, 1.54) is 6.42 Å². The summed E-state index contributed by atoms with van der Waals surface area (Å²) in [6, 6.07) is 14.5. The van der Waals surface area contributed by atoms with Crippen molar-refractivity contribution in [2.24, 2.45) is 5.10 Å². The first-order valence-corrected chi connectivity index (χ1v) is 10.1. The fraction of sp³-hybridized carbons (Fsp3) is 0.435. The van der Waals surface area contributed by atoms with E-state index in [9.17, 15) is 0 Å². The molecule has 0 radical (unpaired) electrons. The lowest BCUT2D eigenvalue weighted by Crippen LogP contribution is -2.54. The van der Waals surface area contributed by atoms with Crippen LogP contribution in [0.25, 0.3) is 0 Å². The van der Waals surface area contributed by atoms with Gasteiger partial charge in [-0.2, -0.15) is 5.10 Å². The van der Waals surface area contributed by atoms with Crippen LogP contribution in [0, 0.1) is 0 Å². The van der Waals surface area contributed by atoms with E-state index >= 15 is 0 Å². The highest BCUT2D eigenvalue weighted by atomic mass is 16.5. The second-order valence-electron chi connectivity index (χ2n) is 7.83. The number of benzene rings is 2. The van der Waals surface area contributed by atoms with Crippen molar-refractivity contribution in [1.82, 2.24) is 5.01 Å². The third-order valence-corrected chi connectivity index (χ3v) is 6.25. The predicted octanol–water partition coefficient (Wildman–Crippen LogP) is 4.91. The fourth-order valence-corrected chi connectivity index (χ4v) is 4.84. The molecule has 5 nitrogen and oxygen atoms in total. The molecule has 0 saturated heterocycles. The zero-order valence-corrected chi connectivity index (χ0v) is 16.5. The van der Waals surface area contributed by atoms with Gasteiger partial charge in [0.25, 0.3) is 0 Å². The van der Waals surface area contributed by atoms with Crippen LogP contribution in [0.15, 0.2) is 47.6 Å². The lowest BCUT2D eigenvalue weighted by Gasteiger charge is -2.49. The van der Waals surface area contributed by atoms with Crippen LogP contribution in [-0.4, -0.2) is 30.7 Å². The molecule has 0 aromatic heterocycles. The molecule has 28 heavy (non-hydrogen) atoms. The molecular formula is C23H26N2O3. The number of nitrogens with zero attached hydrogens (tertiary/aromatic N) is 2. The lowest BCUT2D eigenvalue weighted by molar-refractivity contribution is -0.141. The molecule has 5 heteroatoms. The van der Waals surface area contributed by atoms with Gasteiger partial charge in [0, 0.05) is 30.4 Å². The highest BCUT2D eigenvalue weighted by Crippen LogP contribution is 2.53. The third kappa shape index (κ3) is 2.64. The molecule has 1 spiro atoms. The van der Waals surface area contributed by atoms with E-state index in [2.05, 4.69) is 23.2 Å². The average molecular weight is 378 g/mol. The molecule has 0 unspecified atom stereocenters. The summed E-state index contributed by atoms with van der Waals surface area (Å²) < 4.78 is 17.8. The second-order valence-corrected chi connectivity index (χ2v) is 7.83. The number of hydrazone groups is 1. The normalized spacial score (nSPS) is 22.1. The van der Waals surface area contributed by atoms with Crippen molar-refractivity contribution in [1.29, 1.82) is 0 Å². The first-order valence-electron chi connectivity index (χ1n) is 10.1. The van der Waals surface area contributed by atoms with Crippen LogP contribution >= 0.6 is 0 Å². The summed E-state index contributed by atoms with van der Waals surface area (Å²) >= 11 is 0. The molecule has 0 bridgehead atoms. The minimum absolute atomic E-state index is 0.179. The number of hydrogen-bond donors (Lipinski definition) is 0. The summed E-state index contributed by atoms with van der Waals surface area (Å²) in [5.74, 6) is 2.57. The van der Waals surface area contributed by atoms with E-state index in [1.807, 2.05) is 24.3 Å². The summed E-state index contributed by atoms with van der Waals surface area (Å²) in [6.45, 7) is 0. The van der Waals surface area contributed by atoms with E-state index < -0.39 is 0 Å². The lowest BCUT2D eigenvalue weighted by atomic mass is 9.86. The van der Waals surface area contributed by atoms with Gasteiger partial charge in [-0.25, -0.2) is 5.01 Å². The summed E-state index contributed by atoms with van der Waals surface area (Å²) in [5, 5.41) is 7.37. The van der Waals surface area contributed by atoms with Gasteiger partial charge in [-0.15, -0.1) is 0 Å². The zero-order chi connectivity index (χ0) is 19.1. The summed E-state index contributed by atoms with van der Waals surface area (Å²) in [5.41, 5.74) is 3.00. The molecule has 0 amide bonds. The Balaban J connectivity index is 1.60. The Bertz CT molecular complexity index is 918. The van der Waals surface area contributed by atoms with Crippen LogP contribution in [0.5, 0.6) is 17.2 Å². The van der Waals surface area contributed by atoms with Crippen LogP contribution in [0.2, 0.25) is 0 Å². The Morgan fingerprint density at radius 1 is 1.04 bits per heavy atom. The SMILES string of the molecule is COc1cccc(C2=NN3[C@@H](C2)c2cccc(OC)c2OC32CCCCC2)c1. The van der Waals surface area contributed by atoms with Gasteiger partial charge < -0.3 is 14.2 Å². The predicted molar refractivity (Wildman–Crippen MR) is 108 cm³/mol. The quantitative estimate of drug-likeness (QED) is 0.761. The van der Waals surface area contributed by atoms with E-state index in [0.717, 1.165) is 66.2 Å². The van der Waals surface area contributed by atoms with Crippen molar-refractivity contribution < 1.29 is 14.2 Å². The summed E-state index contributed by atoms with van der Waals surface area (Å²) in [4.78, 5) is 0. The molecular weight excluding hydrogens is 352 g/mol. The standard InChI is InChI=1S/C23H26N2O3/c1-26-17-9-6-8-16(14-17)19-15-20-18-10-7-11-21(27-2)22(18)28-23(25(20)24-19)12-4-3-5-13-23/h6-11,14,20H,3-5,12-13,15H2,1-2H3/t20-/m0/s1. The molecule has 146 valence electrons. The van der Waals surface area contributed by atoms with Gasteiger partial charge in [0.1, 0.15) is 5.75 Å². The van der Waals surface area contributed by atoms with E-state index in [4.69, 9.17) is 19.3 Å². The first kappa shape index (κ1) is 17.4. The van der Waals surface area contributed by atoms with Crippen LogP contribution in [-0.2, 0) is 0 Å². The molecule has 2 aliphatic heterocycles. The van der Waals surface area contributed by atoms with Crippen LogP contribution < -0.4 is 14.2 Å². The topological polar surface area (TPSA) is 43.3 Å². The van der Waals surface area contributed by atoms with Gasteiger partial charge in [0.05, 0.1) is 26.0 Å². The first-order chi connectivity index (χ1) is 13.7. The van der Waals surface area contributed by atoms with Gasteiger partial charge in [0.15, 0.2) is 17.2 Å². The minimum atomic E-state index is -0.370. The van der Waals surface area contributed by atoms with Crippen LogP contribution in [0.4, 0.5) is 0 Å². The molecule has 1 atom stereocenters. The molecule has 2 aromatic carbocycles. The number of hydrogen-bond acceptors (Lipinski definition) is 5. The van der Waals surface area contributed by atoms with Crippen molar-refractivity contribution in [2.45, 2.75) is 50.3 Å². The Labute approximate surface area is 165 Å². The maximum Gasteiger partial charge on any atom is 0.198 e. The molecule has 2 heterocycles. The summed E-state index contributed by atoms with van der Waals surface area (Å²) in [6.07, 6.45) is 6.44. The monoisotopic (exact) mass is 378 g/mol.